The van der Waals surface area contributed by atoms with Crippen LogP contribution in [0.15, 0.2) is 36.5 Å². The van der Waals surface area contributed by atoms with E-state index in [1.54, 1.807) is 12.1 Å². The van der Waals surface area contributed by atoms with Crippen LogP contribution in [-0.4, -0.2) is 35.5 Å². The first-order chi connectivity index (χ1) is 17.2. The average Bonchev–Trinajstić information content (AvgIpc) is 3.22. The zero-order valence-corrected chi connectivity index (χ0v) is 24.4. The van der Waals surface area contributed by atoms with Crippen molar-refractivity contribution < 1.29 is 14.3 Å². The van der Waals surface area contributed by atoms with Gasteiger partial charge in [0.05, 0.1) is 11.1 Å². The molecule has 196 valence electrons. The number of aromatic nitrogens is 2. The third-order valence-corrected chi connectivity index (χ3v) is 13.3. The molecule has 3 N–H and O–H groups in total. The van der Waals surface area contributed by atoms with E-state index in [0.29, 0.717) is 39.0 Å². The van der Waals surface area contributed by atoms with Gasteiger partial charge in [0, 0.05) is 22.8 Å². The number of pyridine rings is 1. The summed E-state index contributed by atoms with van der Waals surface area (Å²) in [6, 6.07) is 9.17. The molecule has 0 unspecified atom stereocenters. The molecule has 0 spiro atoms. The predicted molar refractivity (Wildman–Crippen MR) is 153 cm³/mol. The number of nitrogens with two attached hydrogens (primary N) is 1. The summed E-state index contributed by atoms with van der Waals surface area (Å²) in [6.45, 7) is 19.0. The molecule has 1 amide bonds. The molecule has 2 heterocycles. The van der Waals surface area contributed by atoms with Crippen molar-refractivity contribution in [2.75, 3.05) is 0 Å². The summed E-state index contributed by atoms with van der Waals surface area (Å²) in [4.78, 5) is 32.8. The quantitative estimate of drug-likeness (QED) is 0.212. The minimum atomic E-state index is -2.05. The predicted octanol–water partition coefficient (Wildman–Crippen LogP) is 6.85. The second-order valence-corrected chi connectivity index (χ2v) is 17.2. The number of aromatic amines is 1. The van der Waals surface area contributed by atoms with E-state index in [0.717, 1.165) is 16.6 Å². The lowest BCUT2D eigenvalue weighted by Gasteiger charge is -2.38. The summed E-state index contributed by atoms with van der Waals surface area (Å²) in [5.74, 6) is 2.48. The fraction of sp³-hybridized carbons (Fsp3) is 0.433. The Hall–Kier alpha value is -3.37. The zero-order chi connectivity index (χ0) is 27.7. The lowest BCUT2D eigenvalue weighted by Crippen LogP contribution is -2.43. The number of amides is 1. The van der Waals surface area contributed by atoms with Gasteiger partial charge in [0.1, 0.15) is 19.3 Å². The molecular weight excluding hydrogens is 478 g/mol. The molecule has 0 saturated heterocycles. The third kappa shape index (κ3) is 5.80. The number of benzene rings is 1. The van der Waals surface area contributed by atoms with Crippen LogP contribution in [0.3, 0.4) is 0 Å². The van der Waals surface area contributed by atoms with E-state index in [1.807, 2.05) is 39.0 Å². The van der Waals surface area contributed by atoms with Crippen molar-refractivity contribution in [1.29, 1.82) is 0 Å². The normalized spacial score (nSPS) is 12.2. The van der Waals surface area contributed by atoms with E-state index in [-0.39, 0.29) is 5.97 Å². The monoisotopic (exact) mass is 517 g/mol. The molecule has 3 rings (SSSR count). The maximum atomic E-state index is 12.6. The highest BCUT2D eigenvalue weighted by atomic mass is 28.3. The highest BCUT2D eigenvalue weighted by molar-refractivity contribution is 6.90. The van der Waals surface area contributed by atoms with Crippen LogP contribution in [0.1, 0.15) is 88.6 Å². The van der Waals surface area contributed by atoms with Crippen LogP contribution < -0.4 is 5.73 Å². The van der Waals surface area contributed by atoms with Gasteiger partial charge in [0.25, 0.3) is 5.91 Å². The molecule has 0 aliphatic rings. The van der Waals surface area contributed by atoms with Gasteiger partial charge >= 0.3 is 5.97 Å². The van der Waals surface area contributed by atoms with Crippen LogP contribution in [0.5, 0.6) is 0 Å². The van der Waals surface area contributed by atoms with Crippen molar-refractivity contribution >= 4 is 31.0 Å². The molecule has 0 saturated carbocycles. The molecule has 0 radical (unpaired) electrons. The van der Waals surface area contributed by atoms with Crippen molar-refractivity contribution in [2.45, 2.75) is 84.5 Å². The van der Waals surface area contributed by atoms with Gasteiger partial charge in [-0.1, -0.05) is 59.6 Å². The fourth-order valence-electron chi connectivity index (χ4n) is 5.31. The van der Waals surface area contributed by atoms with Crippen molar-refractivity contribution in [1.82, 2.24) is 9.97 Å². The maximum absolute atomic E-state index is 12.6. The Bertz CT molecular complexity index is 1360. The van der Waals surface area contributed by atoms with E-state index in [2.05, 4.69) is 63.0 Å². The zero-order valence-electron chi connectivity index (χ0n) is 23.4. The minimum Gasteiger partial charge on any atom is -0.456 e. The standard InChI is InChI=1S/C30H39N3O3Si/c1-18(2)37(19(3)4,20(5)6)14-13-23-24-16-26(33-28(24)32-17-25(23)27(31)34)21-11-10-12-22(15-21)29(35)36-30(7,8)9/h10-12,15-20H,1-9H3,(H2,31,34)(H,32,33). The highest BCUT2D eigenvalue weighted by Gasteiger charge is 2.41. The lowest BCUT2D eigenvalue weighted by molar-refractivity contribution is 0.00694. The SMILES string of the molecule is CC(C)[Si](C#Cc1c(C(N)=O)cnc2[nH]c(-c3cccc(C(=O)OC(C)(C)C)c3)cc12)(C(C)C)C(C)C. The van der Waals surface area contributed by atoms with Crippen LogP contribution in [0.2, 0.25) is 16.6 Å². The molecule has 7 heteroatoms. The van der Waals surface area contributed by atoms with Crippen molar-refractivity contribution in [2.24, 2.45) is 5.73 Å². The van der Waals surface area contributed by atoms with Gasteiger partial charge < -0.3 is 15.5 Å². The second kappa shape index (κ2) is 10.5. The molecule has 0 aliphatic carbocycles. The van der Waals surface area contributed by atoms with Gasteiger partial charge in [0.15, 0.2) is 0 Å². The Morgan fingerprint density at radius 2 is 1.65 bits per heavy atom. The fourth-order valence-corrected chi connectivity index (χ4v) is 10.5. The van der Waals surface area contributed by atoms with E-state index < -0.39 is 19.6 Å². The Morgan fingerprint density at radius 1 is 1.03 bits per heavy atom. The van der Waals surface area contributed by atoms with Gasteiger partial charge in [0.2, 0.25) is 0 Å². The minimum absolute atomic E-state index is 0.312. The number of nitrogens with zero attached hydrogens (tertiary/aromatic N) is 1. The van der Waals surface area contributed by atoms with Crippen molar-refractivity contribution in [3.05, 3.63) is 53.2 Å². The third-order valence-electron chi connectivity index (χ3n) is 7.00. The molecule has 0 atom stereocenters. The summed E-state index contributed by atoms with van der Waals surface area (Å²) in [7, 11) is -2.05. The molecular formula is C30H39N3O3Si. The number of H-pyrrole nitrogens is 1. The van der Waals surface area contributed by atoms with E-state index >= 15 is 0 Å². The van der Waals surface area contributed by atoms with Crippen LogP contribution >= 0.6 is 0 Å². The van der Waals surface area contributed by atoms with Gasteiger partial charge in [-0.25, -0.2) is 9.78 Å². The number of carbonyl (C=O) groups excluding carboxylic acids is 2. The molecule has 2 aromatic heterocycles. The number of carbonyl (C=O) groups is 2. The van der Waals surface area contributed by atoms with Gasteiger partial charge in [-0.3, -0.25) is 4.79 Å². The molecule has 1 aromatic carbocycles. The molecule has 6 nitrogen and oxygen atoms in total. The summed E-state index contributed by atoms with van der Waals surface area (Å²) in [6.07, 6.45) is 1.50. The van der Waals surface area contributed by atoms with E-state index in [4.69, 9.17) is 10.5 Å². The van der Waals surface area contributed by atoms with Crippen LogP contribution in [0.4, 0.5) is 0 Å². The molecule has 0 aliphatic heterocycles. The summed E-state index contributed by atoms with van der Waals surface area (Å²) in [5.41, 5.74) is 13.8. The number of fused-ring (bicyclic) bond motifs is 1. The topological polar surface area (TPSA) is 98.1 Å². The van der Waals surface area contributed by atoms with Crippen molar-refractivity contribution in [3.63, 3.8) is 0 Å². The average molecular weight is 518 g/mol. The van der Waals surface area contributed by atoms with Crippen LogP contribution in [0, 0.1) is 11.5 Å². The highest BCUT2D eigenvalue weighted by Crippen LogP contribution is 2.41. The summed E-state index contributed by atoms with van der Waals surface area (Å²) >= 11 is 0. The number of esters is 1. The van der Waals surface area contributed by atoms with E-state index in [1.165, 1.54) is 6.20 Å². The Kier molecular flexibility index (Phi) is 8.04. The maximum Gasteiger partial charge on any atom is 0.338 e. The number of ether oxygens (including phenoxy) is 1. The number of hydrogen-bond donors (Lipinski definition) is 2. The molecule has 37 heavy (non-hydrogen) atoms. The Morgan fingerprint density at radius 3 is 2.19 bits per heavy atom. The number of rotatable bonds is 6. The first kappa shape index (κ1) is 28.2. The first-order valence-corrected chi connectivity index (χ1v) is 15.1. The van der Waals surface area contributed by atoms with E-state index in [9.17, 15) is 9.59 Å². The number of nitrogens with one attached hydrogen (secondary N) is 1. The van der Waals surface area contributed by atoms with Crippen molar-refractivity contribution in [3.8, 4) is 22.7 Å². The first-order valence-electron chi connectivity index (χ1n) is 12.9. The number of primary amides is 1. The largest absolute Gasteiger partial charge is 0.456 e. The Balaban J connectivity index is 2.19. The molecule has 0 fully saturated rings. The Labute approximate surface area is 221 Å². The van der Waals surface area contributed by atoms with Crippen LogP contribution in [-0.2, 0) is 4.74 Å². The van der Waals surface area contributed by atoms with Crippen LogP contribution in [0.25, 0.3) is 22.3 Å². The van der Waals surface area contributed by atoms with Gasteiger partial charge in [-0.2, -0.15) is 0 Å². The summed E-state index contributed by atoms with van der Waals surface area (Å²) < 4.78 is 5.53. The van der Waals surface area contributed by atoms with Gasteiger partial charge in [-0.05, 0) is 61.2 Å². The summed E-state index contributed by atoms with van der Waals surface area (Å²) in [5, 5.41) is 0.737. The smallest absolute Gasteiger partial charge is 0.338 e. The number of hydrogen-bond acceptors (Lipinski definition) is 4. The lowest BCUT2D eigenvalue weighted by atomic mass is 10.0. The molecule has 3 aromatic rings. The molecule has 0 bridgehead atoms. The van der Waals surface area contributed by atoms with Gasteiger partial charge in [-0.15, -0.1) is 5.54 Å². The second-order valence-electron chi connectivity index (χ2n) is 11.6.